The van der Waals surface area contributed by atoms with E-state index in [0.717, 1.165) is 5.92 Å². The molecule has 2 atom stereocenters. The van der Waals surface area contributed by atoms with Crippen LogP contribution in [0.2, 0.25) is 0 Å². The molecule has 2 unspecified atom stereocenters. The number of rotatable bonds is 2. The fourth-order valence-electron chi connectivity index (χ4n) is 2.24. The molecular weight excluding hydrogens is 158 g/mol. The van der Waals surface area contributed by atoms with Crippen molar-refractivity contribution in [3.05, 3.63) is 35.9 Å². The first-order valence-electron chi connectivity index (χ1n) is 5.16. The number of hydrogen-bond donors (Lipinski definition) is 1. The summed E-state index contributed by atoms with van der Waals surface area (Å²) < 4.78 is 0. The third-order valence-corrected chi connectivity index (χ3v) is 3.06. The zero-order valence-electron chi connectivity index (χ0n) is 7.95. The number of nitrogens with two attached hydrogens (primary N) is 1. The van der Waals surface area contributed by atoms with Gasteiger partial charge in [0.1, 0.15) is 0 Å². The fourth-order valence-corrected chi connectivity index (χ4v) is 2.24. The molecule has 70 valence electrons. The summed E-state index contributed by atoms with van der Waals surface area (Å²) in [6, 6.07) is 11.1. The molecule has 0 radical (unpaired) electrons. The van der Waals surface area contributed by atoms with Crippen LogP contribution in [-0.4, -0.2) is 6.04 Å². The Morgan fingerprint density at radius 2 is 1.92 bits per heavy atom. The van der Waals surface area contributed by atoms with E-state index >= 15 is 0 Å². The first kappa shape index (κ1) is 8.76. The molecule has 1 aromatic rings. The van der Waals surface area contributed by atoms with Crippen molar-refractivity contribution in [3.8, 4) is 0 Å². The molecule has 0 aromatic heterocycles. The molecule has 1 aliphatic carbocycles. The monoisotopic (exact) mass is 175 g/mol. The Bertz CT molecular complexity index is 255. The van der Waals surface area contributed by atoms with Crippen LogP contribution in [0.15, 0.2) is 30.3 Å². The minimum Gasteiger partial charge on any atom is -0.327 e. The summed E-state index contributed by atoms with van der Waals surface area (Å²) in [5.74, 6) is 0.724. The maximum absolute atomic E-state index is 6.03. The Kier molecular flexibility index (Phi) is 2.65. The molecule has 1 aromatic carbocycles. The highest BCUT2D eigenvalue weighted by Crippen LogP contribution is 2.27. The lowest BCUT2D eigenvalue weighted by Crippen LogP contribution is -2.25. The Hall–Kier alpha value is -0.820. The van der Waals surface area contributed by atoms with E-state index in [9.17, 15) is 0 Å². The van der Waals surface area contributed by atoms with Gasteiger partial charge in [-0.3, -0.25) is 0 Å². The van der Waals surface area contributed by atoms with E-state index < -0.39 is 0 Å². The van der Waals surface area contributed by atoms with Gasteiger partial charge in [0.05, 0.1) is 0 Å². The van der Waals surface area contributed by atoms with Crippen molar-refractivity contribution >= 4 is 0 Å². The van der Waals surface area contributed by atoms with E-state index in [1.165, 1.54) is 31.2 Å². The third kappa shape index (κ3) is 2.10. The first-order valence-corrected chi connectivity index (χ1v) is 5.16. The molecule has 0 amide bonds. The SMILES string of the molecule is NC1CCCC1Cc1ccccc1. The topological polar surface area (TPSA) is 26.0 Å². The second-order valence-electron chi connectivity index (χ2n) is 4.04. The van der Waals surface area contributed by atoms with Gasteiger partial charge in [0.25, 0.3) is 0 Å². The molecule has 13 heavy (non-hydrogen) atoms. The summed E-state index contributed by atoms with van der Waals surface area (Å²) in [4.78, 5) is 0. The molecule has 2 rings (SSSR count). The summed E-state index contributed by atoms with van der Waals surface area (Å²) in [5.41, 5.74) is 7.46. The second-order valence-corrected chi connectivity index (χ2v) is 4.04. The van der Waals surface area contributed by atoms with Crippen LogP contribution in [0.4, 0.5) is 0 Å². The van der Waals surface area contributed by atoms with E-state index in [4.69, 9.17) is 5.73 Å². The Balaban J connectivity index is 1.98. The van der Waals surface area contributed by atoms with Crippen molar-refractivity contribution in [1.29, 1.82) is 0 Å². The van der Waals surface area contributed by atoms with Crippen molar-refractivity contribution in [2.45, 2.75) is 31.7 Å². The summed E-state index contributed by atoms with van der Waals surface area (Å²) >= 11 is 0. The molecule has 0 heterocycles. The third-order valence-electron chi connectivity index (χ3n) is 3.06. The molecule has 0 saturated heterocycles. The summed E-state index contributed by atoms with van der Waals surface area (Å²) in [7, 11) is 0. The van der Waals surface area contributed by atoms with Gasteiger partial charge in [0.15, 0.2) is 0 Å². The van der Waals surface area contributed by atoms with Gasteiger partial charge in [-0.1, -0.05) is 36.8 Å². The molecule has 1 aliphatic rings. The van der Waals surface area contributed by atoms with Gasteiger partial charge < -0.3 is 5.73 Å². The zero-order chi connectivity index (χ0) is 9.10. The molecule has 1 saturated carbocycles. The molecule has 2 N–H and O–H groups in total. The standard InChI is InChI=1S/C12H17N/c13-12-8-4-7-11(12)9-10-5-2-1-3-6-10/h1-3,5-6,11-12H,4,7-9,13H2. The van der Waals surface area contributed by atoms with Crippen LogP contribution >= 0.6 is 0 Å². The molecule has 0 spiro atoms. The number of benzene rings is 1. The van der Waals surface area contributed by atoms with Gasteiger partial charge in [-0.05, 0) is 30.7 Å². The molecule has 1 nitrogen and oxygen atoms in total. The highest BCUT2D eigenvalue weighted by Gasteiger charge is 2.23. The predicted molar refractivity (Wildman–Crippen MR) is 55.5 cm³/mol. The first-order chi connectivity index (χ1) is 6.36. The van der Waals surface area contributed by atoms with Crippen LogP contribution in [0.25, 0.3) is 0 Å². The van der Waals surface area contributed by atoms with Gasteiger partial charge in [-0.2, -0.15) is 0 Å². The highest BCUT2D eigenvalue weighted by molar-refractivity contribution is 5.15. The fraction of sp³-hybridized carbons (Fsp3) is 0.500. The smallest absolute Gasteiger partial charge is 0.00703 e. The lowest BCUT2D eigenvalue weighted by molar-refractivity contribution is 0.479. The maximum atomic E-state index is 6.03. The molecule has 1 fully saturated rings. The van der Waals surface area contributed by atoms with Crippen LogP contribution in [0.5, 0.6) is 0 Å². The van der Waals surface area contributed by atoms with Crippen LogP contribution < -0.4 is 5.73 Å². The van der Waals surface area contributed by atoms with Crippen LogP contribution in [-0.2, 0) is 6.42 Å². The Labute approximate surface area is 80.0 Å². The van der Waals surface area contributed by atoms with E-state index in [1.807, 2.05) is 0 Å². The van der Waals surface area contributed by atoms with Crippen molar-refractivity contribution in [2.75, 3.05) is 0 Å². The quantitative estimate of drug-likeness (QED) is 0.733. The maximum Gasteiger partial charge on any atom is 0.00703 e. The van der Waals surface area contributed by atoms with Gasteiger partial charge in [0, 0.05) is 6.04 Å². The normalized spacial score (nSPS) is 27.8. The minimum atomic E-state index is 0.445. The minimum absolute atomic E-state index is 0.445. The van der Waals surface area contributed by atoms with Crippen molar-refractivity contribution in [3.63, 3.8) is 0 Å². The Morgan fingerprint density at radius 1 is 1.15 bits per heavy atom. The van der Waals surface area contributed by atoms with Crippen molar-refractivity contribution < 1.29 is 0 Å². The second kappa shape index (κ2) is 3.93. The molecule has 1 heteroatoms. The molecule has 0 aliphatic heterocycles. The van der Waals surface area contributed by atoms with Crippen molar-refractivity contribution in [2.24, 2.45) is 11.7 Å². The van der Waals surface area contributed by atoms with Gasteiger partial charge in [-0.15, -0.1) is 0 Å². The Morgan fingerprint density at radius 3 is 2.54 bits per heavy atom. The summed E-state index contributed by atoms with van der Waals surface area (Å²) in [5, 5.41) is 0. The van der Waals surface area contributed by atoms with E-state index in [0.29, 0.717) is 6.04 Å². The average Bonchev–Trinajstić information content (AvgIpc) is 2.54. The summed E-state index contributed by atoms with van der Waals surface area (Å²) in [6.45, 7) is 0. The van der Waals surface area contributed by atoms with Gasteiger partial charge in [-0.25, -0.2) is 0 Å². The van der Waals surface area contributed by atoms with Crippen LogP contribution in [0, 0.1) is 5.92 Å². The zero-order valence-corrected chi connectivity index (χ0v) is 7.95. The van der Waals surface area contributed by atoms with Gasteiger partial charge in [0.2, 0.25) is 0 Å². The van der Waals surface area contributed by atoms with E-state index in [2.05, 4.69) is 30.3 Å². The van der Waals surface area contributed by atoms with E-state index in [1.54, 1.807) is 0 Å². The van der Waals surface area contributed by atoms with Crippen molar-refractivity contribution in [1.82, 2.24) is 0 Å². The lowest BCUT2D eigenvalue weighted by Gasteiger charge is -2.14. The summed E-state index contributed by atoms with van der Waals surface area (Å²) in [6.07, 6.45) is 5.02. The van der Waals surface area contributed by atoms with Gasteiger partial charge >= 0.3 is 0 Å². The van der Waals surface area contributed by atoms with Crippen LogP contribution in [0.3, 0.4) is 0 Å². The highest BCUT2D eigenvalue weighted by atomic mass is 14.7. The molecule has 0 bridgehead atoms. The predicted octanol–water partition coefficient (Wildman–Crippen LogP) is 2.36. The van der Waals surface area contributed by atoms with Crippen LogP contribution in [0.1, 0.15) is 24.8 Å². The average molecular weight is 175 g/mol. The largest absolute Gasteiger partial charge is 0.327 e. The van der Waals surface area contributed by atoms with E-state index in [-0.39, 0.29) is 0 Å². The lowest BCUT2D eigenvalue weighted by atomic mass is 9.95. The number of hydrogen-bond acceptors (Lipinski definition) is 1. The molecular formula is C12H17N.